The molecule has 4 aromatic rings. The minimum atomic E-state index is -1.32. The van der Waals surface area contributed by atoms with E-state index in [1.54, 1.807) is 31.2 Å². The SMILES string of the molecule is CCCCCCOc1ccc(C2(c3ccc(C)c(C(=O)[O-])c3)c3cc(C)ccc3-c3ccc(C)cc32)cc1C(=O)[O-]. The number of fused-ring (bicyclic) bond motifs is 3. The number of hydrogen-bond donors (Lipinski definition) is 0. The van der Waals surface area contributed by atoms with E-state index in [0.717, 1.165) is 64.6 Å². The van der Waals surface area contributed by atoms with Gasteiger partial charge in [0.1, 0.15) is 5.75 Å². The topological polar surface area (TPSA) is 89.5 Å². The summed E-state index contributed by atoms with van der Waals surface area (Å²) in [5.41, 5.74) is 7.14. The van der Waals surface area contributed by atoms with Crippen molar-refractivity contribution in [2.75, 3.05) is 6.61 Å². The Labute approximate surface area is 241 Å². The van der Waals surface area contributed by atoms with Gasteiger partial charge in [-0.3, -0.25) is 0 Å². The second-order valence-corrected chi connectivity index (χ2v) is 11.1. The van der Waals surface area contributed by atoms with Crippen LogP contribution in [0.1, 0.15) is 92.3 Å². The van der Waals surface area contributed by atoms with Crippen LogP contribution >= 0.6 is 0 Å². The van der Waals surface area contributed by atoms with E-state index >= 15 is 0 Å². The highest BCUT2D eigenvalue weighted by atomic mass is 16.5. The van der Waals surface area contributed by atoms with Gasteiger partial charge in [0.25, 0.3) is 0 Å². The average molecular weight is 547 g/mol. The van der Waals surface area contributed by atoms with E-state index in [2.05, 4.69) is 43.3 Å². The van der Waals surface area contributed by atoms with Crippen molar-refractivity contribution >= 4 is 11.9 Å². The van der Waals surface area contributed by atoms with Crippen LogP contribution in [0.2, 0.25) is 0 Å². The maximum Gasteiger partial charge on any atom is 0.128 e. The van der Waals surface area contributed by atoms with Crippen LogP contribution in [0.15, 0.2) is 72.8 Å². The van der Waals surface area contributed by atoms with Crippen LogP contribution in [0, 0.1) is 20.8 Å². The molecule has 5 nitrogen and oxygen atoms in total. The second-order valence-electron chi connectivity index (χ2n) is 11.1. The summed E-state index contributed by atoms with van der Waals surface area (Å²) in [5, 5.41) is 24.6. The Morgan fingerprint density at radius 3 is 1.80 bits per heavy atom. The molecule has 0 saturated carbocycles. The first-order chi connectivity index (χ1) is 19.7. The van der Waals surface area contributed by atoms with Crippen LogP contribution in [0.25, 0.3) is 11.1 Å². The van der Waals surface area contributed by atoms with Crippen LogP contribution in [-0.4, -0.2) is 18.5 Å². The highest BCUT2D eigenvalue weighted by Crippen LogP contribution is 2.57. The zero-order valence-corrected chi connectivity index (χ0v) is 24.0. The lowest BCUT2D eigenvalue weighted by molar-refractivity contribution is -0.256. The highest BCUT2D eigenvalue weighted by molar-refractivity contribution is 5.93. The first kappa shape index (κ1) is 28.2. The maximum atomic E-state index is 12.5. The third-order valence-electron chi connectivity index (χ3n) is 8.23. The number of carboxylic acid groups (broad SMARTS) is 2. The van der Waals surface area contributed by atoms with Gasteiger partial charge in [-0.05, 0) is 84.3 Å². The van der Waals surface area contributed by atoms with Crippen molar-refractivity contribution in [1.29, 1.82) is 0 Å². The minimum absolute atomic E-state index is 0.0279. The first-order valence-corrected chi connectivity index (χ1v) is 14.2. The van der Waals surface area contributed by atoms with Crippen molar-refractivity contribution in [3.8, 4) is 16.9 Å². The third-order valence-corrected chi connectivity index (χ3v) is 8.23. The van der Waals surface area contributed by atoms with Gasteiger partial charge in [0.05, 0.1) is 24.0 Å². The van der Waals surface area contributed by atoms with E-state index in [1.165, 1.54) is 0 Å². The Kier molecular flexibility index (Phi) is 7.72. The van der Waals surface area contributed by atoms with Crippen molar-refractivity contribution in [1.82, 2.24) is 0 Å². The standard InChI is InChI=1S/C36H36O5/c1-5-6-7-8-17-41-33-16-13-26(21-30(33)35(39)40)36(25-12-11-24(4)29(20-25)34(37)38)31-18-22(2)9-14-27(31)28-15-10-23(3)19-32(28)36/h9-16,18-21H,5-8,17H2,1-4H3,(H,37,38)(H,39,40)/p-2. The molecule has 0 N–H and O–H groups in total. The second kappa shape index (κ2) is 11.2. The zero-order valence-electron chi connectivity index (χ0n) is 24.0. The fourth-order valence-electron chi connectivity index (χ4n) is 6.17. The number of carbonyl (C=O) groups excluding carboxylic acids is 2. The van der Waals surface area contributed by atoms with Crippen LogP contribution in [0.5, 0.6) is 5.75 Å². The molecule has 4 aromatic carbocycles. The van der Waals surface area contributed by atoms with Crippen LogP contribution < -0.4 is 14.9 Å². The maximum absolute atomic E-state index is 12.5. The summed E-state index contributed by atoms with van der Waals surface area (Å²) < 4.78 is 5.94. The van der Waals surface area contributed by atoms with E-state index in [1.807, 2.05) is 26.0 Å². The summed E-state index contributed by atoms with van der Waals surface area (Å²) in [4.78, 5) is 24.6. The number of carbonyl (C=O) groups is 2. The fraction of sp³-hybridized carbons (Fsp3) is 0.278. The molecule has 5 heteroatoms. The largest absolute Gasteiger partial charge is 0.545 e. The summed E-state index contributed by atoms with van der Waals surface area (Å²) >= 11 is 0. The van der Waals surface area contributed by atoms with E-state index in [9.17, 15) is 19.8 Å². The molecule has 0 amide bonds. The van der Waals surface area contributed by atoms with Gasteiger partial charge in [0.2, 0.25) is 0 Å². The van der Waals surface area contributed by atoms with Crippen molar-refractivity contribution in [2.24, 2.45) is 0 Å². The lowest BCUT2D eigenvalue weighted by Gasteiger charge is -2.35. The van der Waals surface area contributed by atoms with Gasteiger partial charge in [-0.1, -0.05) is 91.9 Å². The number of ether oxygens (including phenoxy) is 1. The normalized spacial score (nSPS) is 13.0. The van der Waals surface area contributed by atoms with Crippen LogP contribution in [0.4, 0.5) is 0 Å². The smallest absolute Gasteiger partial charge is 0.128 e. The first-order valence-electron chi connectivity index (χ1n) is 14.2. The van der Waals surface area contributed by atoms with Gasteiger partial charge in [0.15, 0.2) is 0 Å². The van der Waals surface area contributed by atoms with Crippen molar-refractivity contribution in [3.05, 3.63) is 123 Å². The molecule has 0 radical (unpaired) electrons. The molecule has 41 heavy (non-hydrogen) atoms. The number of benzene rings is 4. The summed E-state index contributed by atoms with van der Waals surface area (Å²) in [7, 11) is 0. The van der Waals surface area contributed by atoms with E-state index in [0.29, 0.717) is 17.7 Å². The van der Waals surface area contributed by atoms with E-state index in [-0.39, 0.29) is 16.9 Å². The van der Waals surface area contributed by atoms with E-state index in [4.69, 9.17) is 4.74 Å². The molecule has 210 valence electrons. The lowest BCUT2D eigenvalue weighted by Crippen LogP contribution is -2.31. The molecule has 0 fully saturated rings. The summed E-state index contributed by atoms with van der Waals surface area (Å²) in [5.74, 6) is -2.31. The lowest BCUT2D eigenvalue weighted by atomic mass is 9.66. The van der Waals surface area contributed by atoms with Crippen LogP contribution in [0.3, 0.4) is 0 Å². The molecule has 0 aliphatic heterocycles. The Morgan fingerprint density at radius 2 is 1.24 bits per heavy atom. The van der Waals surface area contributed by atoms with Crippen molar-refractivity contribution in [2.45, 2.75) is 58.8 Å². The van der Waals surface area contributed by atoms with Gasteiger partial charge in [0, 0.05) is 11.1 Å². The van der Waals surface area contributed by atoms with Gasteiger partial charge >= 0.3 is 0 Å². The molecule has 0 bridgehead atoms. The molecule has 0 aromatic heterocycles. The molecule has 0 atom stereocenters. The molecule has 0 saturated heterocycles. The number of aryl methyl sites for hydroxylation is 3. The Bertz CT molecular complexity index is 1600. The molecule has 0 spiro atoms. The predicted octanol–water partition coefficient (Wildman–Crippen LogP) is 5.66. The monoisotopic (exact) mass is 546 g/mol. The highest BCUT2D eigenvalue weighted by Gasteiger charge is 2.46. The third kappa shape index (κ3) is 4.90. The Balaban J connectivity index is 1.81. The minimum Gasteiger partial charge on any atom is -0.545 e. The van der Waals surface area contributed by atoms with Gasteiger partial charge in [-0.15, -0.1) is 0 Å². The van der Waals surface area contributed by atoms with Gasteiger partial charge < -0.3 is 24.5 Å². The predicted molar refractivity (Wildman–Crippen MR) is 156 cm³/mol. The summed E-state index contributed by atoms with van der Waals surface area (Å²) in [6.07, 6.45) is 4.04. The number of hydrogen-bond acceptors (Lipinski definition) is 5. The molecule has 0 heterocycles. The van der Waals surface area contributed by atoms with E-state index < -0.39 is 17.4 Å². The molecular formula is C36H34O5-2. The molecule has 1 aliphatic carbocycles. The fourth-order valence-corrected chi connectivity index (χ4v) is 6.17. The average Bonchev–Trinajstić information content (AvgIpc) is 3.22. The van der Waals surface area contributed by atoms with Crippen molar-refractivity contribution in [3.63, 3.8) is 0 Å². The number of aromatic carboxylic acids is 2. The number of unbranched alkanes of at least 4 members (excludes halogenated alkanes) is 3. The Morgan fingerprint density at radius 1 is 0.683 bits per heavy atom. The number of carboxylic acids is 2. The number of rotatable bonds is 10. The molecule has 0 unspecified atom stereocenters. The van der Waals surface area contributed by atoms with Crippen LogP contribution in [-0.2, 0) is 5.41 Å². The quantitative estimate of drug-likeness (QED) is 0.211. The summed E-state index contributed by atoms with van der Waals surface area (Å²) in [6, 6.07) is 23.1. The van der Waals surface area contributed by atoms with Crippen molar-refractivity contribution < 1.29 is 24.5 Å². The van der Waals surface area contributed by atoms with Gasteiger partial charge in [-0.25, -0.2) is 0 Å². The molecule has 5 rings (SSSR count). The van der Waals surface area contributed by atoms with Gasteiger partial charge in [-0.2, -0.15) is 0 Å². The zero-order chi connectivity index (χ0) is 29.3. The molecule has 1 aliphatic rings. The summed E-state index contributed by atoms with van der Waals surface area (Å²) in [6.45, 7) is 8.33. The Hall–Kier alpha value is -4.38. The molecular weight excluding hydrogens is 512 g/mol.